The Kier molecular flexibility index (Phi) is 6.54. The quantitative estimate of drug-likeness (QED) is 0.797. The van der Waals surface area contributed by atoms with Gasteiger partial charge >= 0.3 is 0 Å². The molecule has 1 atom stereocenters. The summed E-state index contributed by atoms with van der Waals surface area (Å²) in [5.74, 6) is 0.508. The van der Waals surface area contributed by atoms with Crippen LogP contribution in [-0.4, -0.2) is 30.3 Å². The lowest BCUT2D eigenvalue weighted by Crippen LogP contribution is -2.32. The summed E-state index contributed by atoms with van der Waals surface area (Å²) >= 11 is 5.80. The van der Waals surface area contributed by atoms with Gasteiger partial charge in [-0.05, 0) is 24.6 Å². The minimum absolute atomic E-state index is 0.135. The van der Waals surface area contributed by atoms with Crippen molar-refractivity contribution in [2.45, 2.75) is 25.9 Å². The molecule has 100 valence electrons. The molecule has 1 amide bonds. The smallest absolute Gasteiger partial charge is 0.223 e. The van der Waals surface area contributed by atoms with Gasteiger partial charge in [0, 0.05) is 11.6 Å². The molecule has 0 bridgehead atoms. The zero-order valence-corrected chi connectivity index (χ0v) is 11.1. The topological polar surface area (TPSA) is 58.6 Å². The summed E-state index contributed by atoms with van der Waals surface area (Å²) in [6.07, 6.45) is 0.394. The molecule has 0 aromatic heterocycles. The number of aliphatic hydroxyl groups excluding tert-OH is 1. The summed E-state index contributed by atoms with van der Waals surface area (Å²) in [5, 5.41) is 12.5. The summed E-state index contributed by atoms with van der Waals surface area (Å²) in [5.41, 5.74) is 0. The minimum atomic E-state index is -0.484. The Labute approximate surface area is 112 Å². The number of benzene rings is 1. The van der Waals surface area contributed by atoms with E-state index in [0.29, 0.717) is 17.2 Å². The highest BCUT2D eigenvalue weighted by atomic mass is 35.5. The van der Waals surface area contributed by atoms with Gasteiger partial charge in [0.05, 0.1) is 19.1 Å². The van der Waals surface area contributed by atoms with E-state index < -0.39 is 6.10 Å². The van der Waals surface area contributed by atoms with Crippen molar-refractivity contribution >= 4 is 17.5 Å². The molecule has 0 saturated heterocycles. The van der Waals surface area contributed by atoms with E-state index >= 15 is 0 Å². The number of hydrogen-bond donors (Lipinski definition) is 2. The lowest BCUT2D eigenvalue weighted by Gasteiger charge is -2.10. The summed E-state index contributed by atoms with van der Waals surface area (Å²) in [7, 11) is 0. The molecule has 1 aromatic carbocycles. The first-order valence-electron chi connectivity index (χ1n) is 5.95. The number of carbonyl (C=O) groups excluding carboxylic acids is 1. The third-order valence-electron chi connectivity index (χ3n) is 2.40. The van der Waals surface area contributed by atoms with Gasteiger partial charge in [-0.2, -0.15) is 0 Å². The van der Waals surface area contributed by atoms with Gasteiger partial charge in [0.25, 0.3) is 0 Å². The molecule has 0 heterocycles. The highest BCUT2D eigenvalue weighted by molar-refractivity contribution is 6.30. The maximum atomic E-state index is 11.4. The van der Waals surface area contributed by atoms with Crippen molar-refractivity contribution in [1.29, 1.82) is 0 Å². The van der Waals surface area contributed by atoms with Crippen molar-refractivity contribution in [1.82, 2.24) is 5.32 Å². The molecule has 0 fully saturated rings. The summed E-state index contributed by atoms with van der Waals surface area (Å²) in [6.45, 7) is 2.43. The summed E-state index contributed by atoms with van der Waals surface area (Å²) < 4.78 is 5.38. The molecule has 1 aromatic rings. The van der Waals surface area contributed by atoms with E-state index in [9.17, 15) is 9.90 Å². The Bertz CT molecular complexity index is 384. The van der Waals surface area contributed by atoms with Crippen molar-refractivity contribution in [2.75, 3.05) is 13.2 Å². The van der Waals surface area contributed by atoms with Gasteiger partial charge in [-0.15, -0.1) is 0 Å². The number of aliphatic hydroxyl groups is 1. The van der Waals surface area contributed by atoms with Crippen molar-refractivity contribution in [2.24, 2.45) is 0 Å². The SMILES string of the molecule is CCC(O)CNC(=O)CCOc1cccc(Cl)c1. The lowest BCUT2D eigenvalue weighted by atomic mass is 10.3. The molecule has 2 N–H and O–H groups in total. The van der Waals surface area contributed by atoms with E-state index in [0.717, 1.165) is 0 Å². The highest BCUT2D eigenvalue weighted by Gasteiger charge is 2.05. The lowest BCUT2D eigenvalue weighted by molar-refractivity contribution is -0.122. The highest BCUT2D eigenvalue weighted by Crippen LogP contribution is 2.16. The first-order chi connectivity index (χ1) is 8.61. The van der Waals surface area contributed by atoms with E-state index in [1.54, 1.807) is 24.3 Å². The Hall–Kier alpha value is -1.26. The Balaban J connectivity index is 2.19. The molecule has 5 heteroatoms. The standard InChI is InChI=1S/C13H18ClNO3/c1-2-11(16)9-15-13(17)6-7-18-12-5-3-4-10(14)8-12/h3-5,8,11,16H,2,6-7,9H2,1H3,(H,15,17). The molecule has 0 aliphatic carbocycles. The van der Waals surface area contributed by atoms with E-state index in [1.807, 2.05) is 6.92 Å². The largest absolute Gasteiger partial charge is 0.493 e. The number of rotatable bonds is 7. The molecule has 4 nitrogen and oxygen atoms in total. The number of carbonyl (C=O) groups is 1. The number of hydrogen-bond acceptors (Lipinski definition) is 3. The second kappa shape index (κ2) is 7.95. The van der Waals surface area contributed by atoms with Crippen molar-refractivity contribution in [3.63, 3.8) is 0 Å². The third-order valence-corrected chi connectivity index (χ3v) is 2.64. The van der Waals surface area contributed by atoms with Crippen LogP contribution in [0, 0.1) is 0 Å². The van der Waals surface area contributed by atoms with Gasteiger partial charge in [0.1, 0.15) is 5.75 Å². The second-order valence-corrected chi connectivity index (χ2v) is 4.36. The Morgan fingerprint density at radius 2 is 2.33 bits per heavy atom. The molecular weight excluding hydrogens is 254 g/mol. The van der Waals surface area contributed by atoms with Crippen LogP contribution in [0.4, 0.5) is 0 Å². The van der Waals surface area contributed by atoms with Gasteiger partial charge in [0.15, 0.2) is 0 Å². The van der Waals surface area contributed by atoms with Gasteiger partial charge in [0.2, 0.25) is 5.91 Å². The average molecular weight is 272 g/mol. The third kappa shape index (κ3) is 5.89. The van der Waals surface area contributed by atoms with Crippen LogP contribution in [0.15, 0.2) is 24.3 Å². The fraction of sp³-hybridized carbons (Fsp3) is 0.462. The molecule has 0 aliphatic rings. The van der Waals surface area contributed by atoms with Crippen LogP contribution >= 0.6 is 11.6 Å². The van der Waals surface area contributed by atoms with Crippen LogP contribution in [0.2, 0.25) is 5.02 Å². The van der Waals surface area contributed by atoms with Crippen LogP contribution in [0.5, 0.6) is 5.75 Å². The van der Waals surface area contributed by atoms with Crippen LogP contribution < -0.4 is 10.1 Å². The van der Waals surface area contributed by atoms with Gasteiger partial charge < -0.3 is 15.2 Å². The fourth-order valence-corrected chi connectivity index (χ4v) is 1.46. The van der Waals surface area contributed by atoms with Crippen LogP contribution in [0.3, 0.4) is 0 Å². The molecule has 0 aliphatic heterocycles. The molecule has 1 unspecified atom stereocenters. The maximum absolute atomic E-state index is 11.4. The Morgan fingerprint density at radius 1 is 1.56 bits per heavy atom. The predicted octanol–water partition coefficient (Wildman–Crippen LogP) is 2.00. The molecule has 0 spiro atoms. The molecule has 1 rings (SSSR count). The average Bonchev–Trinajstić information content (AvgIpc) is 2.36. The van der Waals surface area contributed by atoms with Crippen LogP contribution in [-0.2, 0) is 4.79 Å². The molecule has 0 radical (unpaired) electrons. The summed E-state index contributed by atoms with van der Waals surface area (Å²) in [6, 6.07) is 7.02. The normalized spacial score (nSPS) is 11.9. The molecule has 18 heavy (non-hydrogen) atoms. The van der Waals surface area contributed by atoms with Crippen molar-refractivity contribution in [3.05, 3.63) is 29.3 Å². The van der Waals surface area contributed by atoms with E-state index in [4.69, 9.17) is 16.3 Å². The predicted molar refractivity (Wildman–Crippen MR) is 70.9 cm³/mol. The first kappa shape index (κ1) is 14.8. The number of amides is 1. The molecule has 0 saturated carbocycles. The van der Waals surface area contributed by atoms with Gasteiger partial charge in [-0.1, -0.05) is 24.6 Å². The number of halogens is 1. The maximum Gasteiger partial charge on any atom is 0.223 e. The molecular formula is C13H18ClNO3. The Morgan fingerprint density at radius 3 is 3.00 bits per heavy atom. The van der Waals surface area contributed by atoms with Crippen molar-refractivity contribution in [3.8, 4) is 5.75 Å². The summed E-state index contributed by atoms with van der Waals surface area (Å²) in [4.78, 5) is 11.4. The number of nitrogens with one attached hydrogen (secondary N) is 1. The monoisotopic (exact) mass is 271 g/mol. The van der Waals surface area contributed by atoms with Gasteiger partial charge in [-0.25, -0.2) is 0 Å². The van der Waals surface area contributed by atoms with E-state index in [-0.39, 0.29) is 25.5 Å². The second-order valence-electron chi connectivity index (χ2n) is 3.92. The first-order valence-corrected chi connectivity index (χ1v) is 6.32. The van der Waals surface area contributed by atoms with Gasteiger partial charge in [-0.3, -0.25) is 4.79 Å². The van der Waals surface area contributed by atoms with E-state index in [2.05, 4.69) is 5.32 Å². The minimum Gasteiger partial charge on any atom is -0.493 e. The van der Waals surface area contributed by atoms with Crippen LogP contribution in [0.1, 0.15) is 19.8 Å². The number of ether oxygens (including phenoxy) is 1. The van der Waals surface area contributed by atoms with E-state index in [1.165, 1.54) is 0 Å². The zero-order chi connectivity index (χ0) is 13.4. The zero-order valence-electron chi connectivity index (χ0n) is 10.4. The fourth-order valence-electron chi connectivity index (χ4n) is 1.28. The van der Waals surface area contributed by atoms with Crippen molar-refractivity contribution < 1.29 is 14.6 Å². The van der Waals surface area contributed by atoms with Crippen LogP contribution in [0.25, 0.3) is 0 Å².